The molecule has 0 N–H and O–H groups in total. The standard InChI is InChI=1S/C15H24N2O2/c1-8(2)13(18)12-7-11(12)6-10(5)14-16-15(9(3)4)19-17-14/h8-12H,6-7H2,1-5H3. The lowest BCUT2D eigenvalue weighted by molar-refractivity contribution is -0.123. The molecule has 0 radical (unpaired) electrons. The van der Waals surface area contributed by atoms with E-state index in [1.54, 1.807) is 0 Å². The van der Waals surface area contributed by atoms with Crippen molar-refractivity contribution in [2.45, 2.75) is 59.3 Å². The third kappa shape index (κ3) is 3.23. The molecule has 0 saturated heterocycles. The van der Waals surface area contributed by atoms with E-state index in [4.69, 9.17) is 4.52 Å². The Morgan fingerprint density at radius 1 is 1.32 bits per heavy atom. The Bertz CT molecular complexity index is 451. The monoisotopic (exact) mass is 264 g/mol. The second kappa shape index (κ2) is 5.43. The first-order valence-electron chi connectivity index (χ1n) is 7.27. The van der Waals surface area contributed by atoms with Crippen LogP contribution in [-0.2, 0) is 4.79 Å². The van der Waals surface area contributed by atoms with Gasteiger partial charge in [-0.3, -0.25) is 4.79 Å². The largest absolute Gasteiger partial charge is 0.339 e. The van der Waals surface area contributed by atoms with Crippen molar-refractivity contribution in [2.75, 3.05) is 0 Å². The topological polar surface area (TPSA) is 56.0 Å². The van der Waals surface area contributed by atoms with E-state index in [1.807, 2.05) is 27.7 Å². The molecule has 0 amide bonds. The summed E-state index contributed by atoms with van der Waals surface area (Å²) in [6.45, 7) is 10.2. The van der Waals surface area contributed by atoms with Gasteiger partial charge in [0.1, 0.15) is 5.78 Å². The highest BCUT2D eigenvalue weighted by molar-refractivity contribution is 5.85. The van der Waals surface area contributed by atoms with Crippen molar-refractivity contribution < 1.29 is 9.32 Å². The van der Waals surface area contributed by atoms with Gasteiger partial charge < -0.3 is 4.52 Å². The lowest BCUT2D eigenvalue weighted by atomic mass is 9.98. The molecule has 1 fully saturated rings. The Kier molecular flexibility index (Phi) is 4.07. The van der Waals surface area contributed by atoms with Crippen molar-refractivity contribution in [1.82, 2.24) is 10.1 Å². The maximum absolute atomic E-state index is 11.9. The van der Waals surface area contributed by atoms with Gasteiger partial charge in [0, 0.05) is 23.7 Å². The molecule has 106 valence electrons. The van der Waals surface area contributed by atoms with Crippen molar-refractivity contribution in [3.63, 3.8) is 0 Å². The van der Waals surface area contributed by atoms with Crippen LogP contribution in [0.1, 0.15) is 71.0 Å². The molecule has 4 heteroatoms. The molecule has 3 atom stereocenters. The van der Waals surface area contributed by atoms with E-state index < -0.39 is 0 Å². The molecular formula is C15H24N2O2. The van der Waals surface area contributed by atoms with Gasteiger partial charge in [-0.15, -0.1) is 0 Å². The van der Waals surface area contributed by atoms with Crippen LogP contribution in [0.25, 0.3) is 0 Å². The smallest absolute Gasteiger partial charge is 0.229 e. The molecule has 0 bridgehead atoms. The maximum Gasteiger partial charge on any atom is 0.229 e. The highest BCUT2D eigenvalue weighted by atomic mass is 16.5. The van der Waals surface area contributed by atoms with Crippen LogP contribution in [0.15, 0.2) is 4.52 Å². The van der Waals surface area contributed by atoms with E-state index in [-0.39, 0.29) is 23.7 Å². The minimum absolute atomic E-state index is 0.156. The third-order valence-electron chi connectivity index (χ3n) is 3.91. The summed E-state index contributed by atoms with van der Waals surface area (Å²) in [5.41, 5.74) is 0. The molecule has 1 aliphatic carbocycles. The number of aromatic nitrogens is 2. The second-order valence-corrected chi connectivity index (χ2v) is 6.44. The number of hydrogen-bond donors (Lipinski definition) is 0. The minimum atomic E-state index is 0.156. The number of ketones is 1. The summed E-state index contributed by atoms with van der Waals surface area (Å²) in [4.78, 5) is 16.3. The number of carbonyl (C=O) groups excluding carboxylic acids is 1. The zero-order valence-corrected chi connectivity index (χ0v) is 12.5. The fraction of sp³-hybridized carbons (Fsp3) is 0.800. The van der Waals surface area contributed by atoms with Crippen LogP contribution < -0.4 is 0 Å². The van der Waals surface area contributed by atoms with E-state index in [1.165, 1.54) is 0 Å². The van der Waals surface area contributed by atoms with Crippen LogP contribution in [0, 0.1) is 17.8 Å². The summed E-state index contributed by atoms with van der Waals surface area (Å²) >= 11 is 0. The number of rotatable bonds is 6. The fourth-order valence-corrected chi connectivity index (χ4v) is 2.53. The first-order chi connectivity index (χ1) is 8.90. The molecule has 1 heterocycles. The normalized spacial score (nSPS) is 23.9. The Morgan fingerprint density at radius 3 is 2.53 bits per heavy atom. The summed E-state index contributed by atoms with van der Waals surface area (Å²) in [5, 5.41) is 4.05. The summed E-state index contributed by atoms with van der Waals surface area (Å²) in [7, 11) is 0. The fourth-order valence-electron chi connectivity index (χ4n) is 2.53. The predicted molar refractivity (Wildman–Crippen MR) is 72.9 cm³/mol. The molecule has 0 aliphatic heterocycles. The Balaban J connectivity index is 1.88. The van der Waals surface area contributed by atoms with Gasteiger partial charge >= 0.3 is 0 Å². The van der Waals surface area contributed by atoms with E-state index in [9.17, 15) is 4.79 Å². The SMILES string of the molecule is CC(C)C(=O)C1CC1CC(C)c1noc(C(C)C)n1. The molecule has 4 nitrogen and oxygen atoms in total. The predicted octanol–water partition coefficient (Wildman–Crippen LogP) is 3.55. The molecule has 19 heavy (non-hydrogen) atoms. The third-order valence-corrected chi connectivity index (χ3v) is 3.91. The molecule has 3 unspecified atom stereocenters. The van der Waals surface area contributed by atoms with E-state index in [0.29, 0.717) is 17.6 Å². The van der Waals surface area contributed by atoms with Crippen molar-refractivity contribution in [1.29, 1.82) is 0 Å². The van der Waals surface area contributed by atoms with Gasteiger partial charge in [0.05, 0.1) is 0 Å². The van der Waals surface area contributed by atoms with Crippen molar-refractivity contribution in [3.05, 3.63) is 11.7 Å². The van der Waals surface area contributed by atoms with E-state index in [2.05, 4.69) is 17.1 Å². The van der Waals surface area contributed by atoms with Gasteiger partial charge in [0.2, 0.25) is 5.89 Å². The van der Waals surface area contributed by atoms with Crippen LogP contribution in [0.3, 0.4) is 0 Å². The van der Waals surface area contributed by atoms with Gasteiger partial charge in [-0.25, -0.2) is 0 Å². The Hall–Kier alpha value is -1.19. The number of carbonyl (C=O) groups is 1. The minimum Gasteiger partial charge on any atom is -0.339 e. The molecule has 1 saturated carbocycles. The summed E-state index contributed by atoms with van der Waals surface area (Å²) < 4.78 is 5.23. The first-order valence-corrected chi connectivity index (χ1v) is 7.27. The van der Waals surface area contributed by atoms with Gasteiger partial charge in [-0.2, -0.15) is 4.98 Å². The quantitative estimate of drug-likeness (QED) is 0.788. The van der Waals surface area contributed by atoms with Gasteiger partial charge in [0.15, 0.2) is 5.82 Å². The van der Waals surface area contributed by atoms with Crippen LogP contribution in [-0.4, -0.2) is 15.9 Å². The zero-order chi connectivity index (χ0) is 14.2. The highest BCUT2D eigenvalue weighted by Gasteiger charge is 2.44. The van der Waals surface area contributed by atoms with Crippen LogP contribution in [0.4, 0.5) is 0 Å². The van der Waals surface area contributed by atoms with E-state index in [0.717, 1.165) is 18.7 Å². The summed E-state index contributed by atoms with van der Waals surface area (Å²) in [6, 6.07) is 0. The number of hydrogen-bond acceptors (Lipinski definition) is 4. The Labute approximate surface area is 115 Å². The maximum atomic E-state index is 11.9. The van der Waals surface area contributed by atoms with Crippen LogP contribution in [0.5, 0.6) is 0 Å². The van der Waals surface area contributed by atoms with E-state index >= 15 is 0 Å². The van der Waals surface area contributed by atoms with Gasteiger partial charge in [-0.05, 0) is 18.8 Å². The molecule has 0 spiro atoms. The molecule has 1 aliphatic rings. The first kappa shape index (κ1) is 14.2. The molecule has 2 rings (SSSR count). The molecule has 0 aromatic carbocycles. The van der Waals surface area contributed by atoms with Crippen molar-refractivity contribution in [3.8, 4) is 0 Å². The van der Waals surface area contributed by atoms with Crippen LogP contribution >= 0.6 is 0 Å². The number of nitrogens with zero attached hydrogens (tertiary/aromatic N) is 2. The average molecular weight is 264 g/mol. The van der Waals surface area contributed by atoms with Gasteiger partial charge in [-0.1, -0.05) is 39.8 Å². The van der Waals surface area contributed by atoms with Gasteiger partial charge in [0.25, 0.3) is 0 Å². The molecular weight excluding hydrogens is 240 g/mol. The molecule has 1 aromatic rings. The van der Waals surface area contributed by atoms with Crippen molar-refractivity contribution >= 4 is 5.78 Å². The average Bonchev–Trinajstić information content (AvgIpc) is 2.91. The summed E-state index contributed by atoms with van der Waals surface area (Å²) in [6.07, 6.45) is 2.02. The zero-order valence-electron chi connectivity index (χ0n) is 12.5. The lowest BCUT2D eigenvalue weighted by Crippen LogP contribution is -2.11. The lowest BCUT2D eigenvalue weighted by Gasteiger charge is -2.07. The highest BCUT2D eigenvalue weighted by Crippen LogP contribution is 2.46. The second-order valence-electron chi connectivity index (χ2n) is 6.44. The number of Topliss-reactive ketones (excluding diaryl/α,β-unsaturated/α-hetero) is 1. The van der Waals surface area contributed by atoms with Crippen molar-refractivity contribution in [2.24, 2.45) is 17.8 Å². The summed E-state index contributed by atoms with van der Waals surface area (Å²) in [5.74, 6) is 3.38. The molecule has 1 aromatic heterocycles. The Morgan fingerprint density at radius 2 is 2.00 bits per heavy atom. The van der Waals surface area contributed by atoms with Crippen LogP contribution in [0.2, 0.25) is 0 Å².